The molecule has 2 aliphatic heterocycles. The second-order valence-corrected chi connectivity index (χ2v) is 5.87. The molecule has 1 aromatic heterocycles. The molecule has 0 aliphatic carbocycles. The average Bonchev–Trinajstić information content (AvgIpc) is 2.94. The topological polar surface area (TPSA) is 55.3 Å². The van der Waals surface area contributed by atoms with Gasteiger partial charge in [0.15, 0.2) is 0 Å². The first-order chi connectivity index (χ1) is 9.72. The van der Waals surface area contributed by atoms with Crippen LogP contribution in [-0.4, -0.2) is 47.1 Å². The molecule has 3 heterocycles. The monoisotopic (exact) mass is 275 g/mol. The van der Waals surface area contributed by atoms with Gasteiger partial charge in [0, 0.05) is 43.9 Å². The SMILES string of the molecule is CCc1ncc(C(=O)N2CCCC3(CCOC3)C2)cn1. The molecule has 1 aromatic rings. The molecular formula is C15H21N3O2. The fourth-order valence-corrected chi connectivity index (χ4v) is 3.18. The number of piperidine rings is 1. The van der Waals surface area contributed by atoms with Crippen molar-refractivity contribution < 1.29 is 9.53 Å². The van der Waals surface area contributed by atoms with E-state index in [1.807, 2.05) is 11.8 Å². The summed E-state index contributed by atoms with van der Waals surface area (Å²) >= 11 is 0. The molecule has 108 valence electrons. The Morgan fingerprint density at radius 1 is 1.40 bits per heavy atom. The molecule has 1 atom stereocenters. The van der Waals surface area contributed by atoms with Gasteiger partial charge in [-0.15, -0.1) is 0 Å². The zero-order valence-corrected chi connectivity index (χ0v) is 12.0. The number of aryl methyl sites for hydroxylation is 1. The number of hydrogen-bond acceptors (Lipinski definition) is 4. The second-order valence-electron chi connectivity index (χ2n) is 5.87. The number of nitrogens with zero attached hydrogens (tertiary/aromatic N) is 3. The molecule has 2 fully saturated rings. The van der Waals surface area contributed by atoms with E-state index in [1.165, 1.54) is 6.42 Å². The van der Waals surface area contributed by atoms with Crippen molar-refractivity contribution >= 4 is 5.91 Å². The Morgan fingerprint density at radius 2 is 2.20 bits per heavy atom. The first kappa shape index (κ1) is 13.5. The molecular weight excluding hydrogens is 254 g/mol. The van der Waals surface area contributed by atoms with Gasteiger partial charge in [-0.2, -0.15) is 0 Å². The maximum atomic E-state index is 12.5. The summed E-state index contributed by atoms with van der Waals surface area (Å²) in [5.41, 5.74) is 0.788. The van der Waals surface area contributed by atoms with Crippen LogP contribution in [0.2, 0.25) is 0 Å². The van der Waals surface area contributed by atoms with Crippen molar-refractivity contribution in [3.8, 4) is 0 Å². The second kappa shape index (κ2) is 5.48. The smallest absolute Gasteiger partial charge is 0.257 e. The third-order valence-electron chi connectivity index (χ3n) is 4.40. The van der Waals surface area contributed by atoms with Gasteiger partial charge in [0.05, 0.1) is 12.2 Å². The van der Waals surface area contributed by atoms with E-state index in [1.54, 1.807) is 12.4 Å². The fraction of sp³-hybridized carbons (Fsp3) is 0.667. The first-order valence-electron chi connectivity index (χ1n) is 7.40. The number of aromatic nitrogens is 2. The highest BCUT2D eigenvalue weighted by atomic mass is 16.5. The normalized spacial score (nSPS) is 26.1. The lowest BCUT2D eigenvalue weighted by atomic mass is 9.79. The van der Waals surface area contributed by atoms with Crippen molar-refractivity contribution in [2.45, 2.75) is 32.6 Å². The summed E-state index contributed by atoms with van der Waals surface area (Å²) in [6.45, 7) is 5.27. The molecule has 0 radical (unpaired) electrons. The minimum atomic E-state index is 0.0543. The summed E-state index contributed by atoms with van der Waals surface area (Å²) in [4.78, 5) is 22.9. The fourth-order valence-electron chi connectivity index (χ4n) is 3.18. The van der Waals surface area contributed by atoms with E-state index in [9.17, 15) is 4.79 Å². The van der Waals surface area contributed by atoms with E-state index in [-0.39, 0.29) is 11.3 Å². The van der Waals surface area contributed by atoms with Crippen molar-refractivity contribution in [2.24, 2.45) is 5.41 Å². The van der Waals surface area contributed by atoms with E-state index in [2.05, 4.69) is 9.97 Å². The molecule has 0 saturated carbocycles. The Bertz CT molecular complexity index is 480. The predicted molar refractivity (Wildman–Crippen MR) is 74.4 cm³/mol. The molecule has 5 heteroatoms. The summed E-state index contributed by atoms with van der Waals surface area (Å²) in [5.74, 6) is 0.833. The predicted octanol–water partition coefficient (Wildman–Crippen LogP) is 1.68. The van der Waals surface area contributed by atoms with Crippen LogP contribution in [0.25, 0.3) is 0 Å². The van der Waals surface area contributed by atoms with Crippen LogP contribution in [0.3, 0.4) is 0 Å². The molecule has 1 spiro atoms. The van der Waals surface area contributed by atoms with Crippen molar-refractivity contribution in [3.05, 3.63) is 23.8 Å². The molecule has 5 nitrogen and oxygen atoms in total. The highest BCUT2D eigenvalue weighted by Gasteiger charge is 2.40. The summed E-state index contributed by atoms with van der Waals surface area (Å²) in [7, 11) is 0. The van der Waals surface area contributed by atoms with Crippen molar-refractivity contribution in [1.29, 1.82) is 0 Å². The zero-order valence-electron chi connectivity index (χ0n) is 12.0. The average molecular weight is 275 g/mol. The van der Waals surface area contributed by atoms with Crippen LogP contribution in [0.1, 0.15) is 42.4 Å². The largest absolute Gasteiger partial charge is 0.381 e. The molecule has 1 amide bonds. The van der Waals surface area contributed by atoms with E-state index >= 15 is 0 Å². The van der Waals surface area contributed by atoms with Gasteiger partial charge in [0.2, 0.25) is 0 Å². The minimum absolute atomic E-state index is 0.0543. The highest BCUT2D eigenvalue weighted by molar-refractivity contribution is 5.93. The first-order valence-corrected chi connectivity index (χ1v) is 7.40. The van der Waals surface area contributed by atoms with Gasteiger partial charge >= 0.3 is 0 Å². The quantitative estimate of drug-likeness (QED) is 0.824. The molecule has 0 bridgehead atoms. The molecule has 2 saturated heterocycles. The van der Waals surface area contributed by atoms with Crippen molar-refractivity contribution in [1.82, 2.24) is 14.9 Å². The number of ether oxygens (including phenoxy) is 1. The lowest BCUT2D eigenvalue weighted by Crippen LogP contribution is -2.46. The lowest BCUT2D eigenvalue weighted by Gasteiger charge is -2.39. The summed E-state index contributed by atoms with van der Waals surface area (Å²) in [6, 6.07) is 0. The van der Waals surface area contributed by atoms with Gasteiger partial charge < -0.3 is 9.64 Å². The number of carbonyl (C=O) groups excluding carboxylic acids is 1. The third kappa shape index (κ3) is 2.54. The van der Waals surface area contributed by atoms with Crippen molar-refractivity contribution in [3.63, 3.8) is 0 Å². The number of rotatable bonds is 2. The molecule has 0 N–H and O–H groups in total. The molecule has 2 aliphatic rings. The zero-order chi connectivity index (χ0) is 14.0. The van der Waals surface area contributed by atoms with Gasteiger partial charge in [-0.05, 0) is 19.3 Å². The van der Waals surface area contributed by atoms with Gasteiger partial charge in [0.25, 0.3) is 5.91 Å². The maximum Gasteiger partial charge on any atom is 0.257 e. The number of likely N-dealkylation sites (tertiary alicyclic amines) is 1. The van der Waals surface area contributed by atoms with Gasteiger partial charge in [0.1, 0.15) is 5.82 Å². The van der Waals surface area contributed by atoms with E-state index in [0.717, 1.165) is 51.4 Å². The van der Waals surface area contributed by atoms with Crippen LogP contribution >= 0.6 is 0 Å². The van der Waals surface area contributed by atoms with Gasteiger partial charge in [-0.1, -0.05) is 6.92 Å². The summed E-state index contributed by atoms with van der Waals surface area (Å²) in [5, 5.41) is 0. The van der Waals surface area contributed by atoms with Crippen LogP contribution in [0, 0.1) is 5.41 Å². The van der Waals surface area contributed by atoms with Crippen molar-refractivity contribution in [2.75, 3.05) is 26.3 Å². The molecule has 1 unspecified atom stereocenters. The number of hydrogen-bond donors (Lipinski definition) is 0. The minimum Gasteiger partial charge on any atom is -0.381 e. The van der Waals surface area contributed by atoms with Crippen LogP contribution in [0.5, 0.6) is 0 Å². The van der Waals surface area contributed by atoms with E-state index in [4.69, 9.17) is 4.74 Å². The molecule has 20 heavy (non-hydrogen) atoms. The standard InChI is InChI=1S/C15H21N3O2/c1-2-13-16-8-12(9-17-13)14(19)18-6-3-4-15(10-18)5-7-20-11-15/h8-9H,2-7,10-11H2,1H3. The Hall–Kier alpha value is -1.49. The van der Waals surface area contributed by atoms with Crippen LogP contribution in [0.4, 0.5) is 0 Å². The number of amides is 1. The van der Waals surface area contributed by atoms with Crippen LogP contribution in [0.15, 0.2) is 12.4 Å². The molecule has 3 rings (SSSR count). The Morgan fingerprint density at radius 3 is 2.85 bits per heavy atom. The Kier molecular flexibility index (Phi) is 3.70. The van der Waals surface area contributed by atoms with E-state index < -0.39 is 0 Å². The lowest BCUT2D eigenvalue weighted by molar-refractivity contribution is 0.0462. The highest BCUT2D eigenvalue weighted by Crippen LogP contribution is 2.37. The summed E-state index contributed by atoms with van der Waals surface area (Å²) < 4.78 is 5.54. The van der Waals surface area contributed by atoms with Crippen LogP contribution < -0.4 is 0 Å². The van der Waals surface area contributed by atoms with Gasteiger partial charge in [-0.3, -0.25) is 4.79 Å². The maximum absolute atomic E-state index is 12.5. The van der Waals surface area contributed by atoms with E-state index in [0.29, 0.717) is 5.56 Å². The Labute approximate surface area is 119 Å². The third-order valence-corrected chi connectivity index (χ3v) is 4.40. The molecule has 0 aromatic carbocycles. The van der Waals surface area contributed by atoms with Gasteiger partial charge in [-0.25, -0.2) is 9.97 Å². The Balaban J connectivity index is 1.72. The summed E-state index contributed by atoms with van der Waals surface area (Å²) in [6.07, 6.45) is 7.40. The number of carbonyl (C=O) groups is 1. The van der Waals surface area contributed by atoms with Crippen LogP contribution in [-0.2, 0) is 11.2 Å².